The lowest BCUT2D eigenvalue weighted by Crippen LogP contribution is -2.32. The lowest BCUT2D eigenvalue weighted by atomic mass is 10.0. The van der Waals surface area contributed by atoms with Crippen LogP contribution in [0.15, 0.2) is 91.0 Å². The van der Waals surface area contributed by atoms with E-state index < -0.39 is 0 Å². The molecule has 1 N–H and O–H groups in total. The molecule has 1 heterocycles. The number of anilines is 1. The highest BCUT2D eigenvalue weighted by Crippen LogP contribution is 2.36. The topological polar surface area (TPSA) is 15.3 Å². The molecule has 0 aliphatic carbocycles. The Morgan fingerprint density at radius 3 is 2.04 bits per heavy atom. The summed E-state index contributed by atoms with van der Waals surface area (Å²) < 4.78 is 0. The fourth-order valence-electron chi connectivity index (χ4n) is 3.74. The van der Waals surface area contributed by atoms with Crippen LogP contribution in [0.4, 0.5) is 5.69 Å². The molecule has 2 nitrogen and oxygen atoms in total. The molecule has 0 saturated carbocycles. The third-order valence-electron chi connectivity index (χ3n) is 5.01. The van der Waals surface area contributed by atoms with Gasteiger partial charge in [0.2, 0.25) is 0 Å². The van der Waals surface area contributed by atoms with Gasteiger partial charge in [-0.05, 0) is 29.7 Å². The minimum Gasteiger partial charge on any atom is -0.363 e. The normalized spacial score (nSPS) is 19.9. The summed E-state index contributed by atoms with van der Waals surface area (Å²) in [6.07, 6.45) is 1.13. The first-order chi connectivity index (χ1) is 12.4. The van der Waals surface area contributed by atoms with Crippen molar-refractivity contribution in [2.45, 2.75) is 25.0 Å². The fraction of sp³-hybridized carbons (Fsp3) is 0.217. The standard InChI is InChI=1S/C23H24N2/c1-4-10-19(11-5-1)17-24-21-16-23(20-12-6-2-7-13-20)25(18-21)22-14-8-3-9-15-22/h1-15,21,23-24H,16-18H2. The van der Waals surface area contributed by atoms with Gasteiger partial charge in [0.15, 0.2) is 0 Å². The minimum absolute atomic E-state index is 0.428. The number of nitrogens with one attached hydrogen (secondary N) is 1. The molecule has 126 valence electrons. The lowest BCUT2D eigenvalue weighted by Gasteiger charge is -2.27. The Morgan fingerprint density at radius 1 is 0.760 bits per heavy atom. The first-order valence-corrected chi connectivity index (χ1v) is 9.04. The second-order valence-electron chi connectivity index (χ2n) is 6.71. The van der Waals surface area contributed by atoms with Crippen molar-refractivity contribution in [3.8, 4) is 0 Å². The Balaban J connectivity index is 1.52. The van der Waals surface area contributed by atoms with Crippen molar-refractivity contribution in [2.75, 3.05) is 11.4 Å². The van der Waals surface area contributed by atoms with Gasteiger partial charge in [0, 0.05) is 24.8 Å². The number of benzene rings is 3. The zero-order valence-electron chi connectivity index (χ0n) is 14.4. The van der Waals surface area contributed by atoms with Gasteiger partial charge in [0.25, 0.3) is 0 Å². The van der Waals surface area contributed by atoms with E-state index in [9.17, 15) is 0 Å². The van der Waals surface area contributed by atoms with E-state index in [0.717, 1.165) is 19.5 Å². The predicted octanol–water partition coefficient (Wildman–Crippen LogP) is 4.80. The van der Waals surface area contributed by atoms with Gasteiger partial charge in [0.05, 0.1) is 6.04 Å². The molecule has 3 aromatic carbocycles. The summed E-state index contributed by atoms with van der Waals surface area (Å²) in [5.74, 6) is 0. The lowest BCUT2D eigenvalue weighted by molar-refractivity contribution is 0.536. The summed E-state index contributed by atoms with van der Waals surface area (Å²) in [6.45, 7) is 1.96. The maximum Gasteiger partial charge on any atom is 0.0558 e. The van der Waals surface area contributed by atoms with Gasteiger partial charge in [0.1, 0.15) is 0 Å². The van der Waals surface area contributed by atoms with Crippen LogP contribution in [0.5, 0.6) is 0 Å². The van der Waals surface area contributed by atoms with Crippen LogP contribution in [-0.2, 0) is 6.54 Å². The van der Waals surface area contributed by atoms with Gasteiger partial charge >= 0.3 is 0 Å². The average Bonchev–Trinajstić information content (AvgIpc) is 3.13. The number of para-hydroxylation sites is 1. The number of rotatable bonds is 5. The molecular formula is C23H24N2. The van der Waals surface area contributed by atoms with Crippen LogP contribution in [0.1, 0.15) is 23.6 Å². The van der Waals surface area contributed by atoms with Crippen molar-refractivity contribution >= 4 is 5.69 Å². The Labute approximate surface area is 150 Å². The number of nitrogens with zero attached hydrogens (tertiary/aromatic N) is 1. The molecule has 0 bridgehead atoms. The zero-order chi connectivity index (χ0) is 16.9. The van der Waals surface area contributed by atoms with Crippen LogP contribution in [0.25, 0.3) is 0 Å². The smallest absolute Gasteiger partial charge is 0.0558 e. The summed E-state index contributed by atoms with van der Waals surface area (Å²) in [5.41, 5.74) is 4.05. The van der Waals surface area contributed by atoms with Crippen molar-refractivity contribution in [3.05, 3.63) is 102 Å². The Kier molecular flexibility index (Phi) is 4.80. The van der Waals surface area contributed by atoms with Crippen molar-refractivity contribution in [1.29, 1.82) is 0 Å². The van der Waals surface area contributed by atoms with E-state index in [4.69, 9.17) is 0 Å². The molecule has 25 heavy (non-hydrogen) atoms. The van der Waals surface area contributed by atoms with E-state index in [1.807, 2.05) is 0 Å². The molecule has 1 aliphatic heterocycles. The Hall–Kier alpha value is -2.58. The molecule has 2 atom stereocenters. The SMILES string of the molecule is c1ccc(CNC2CC(c3ccccc3)N(c3ccccc3)C2)cc1. The highest BCUT2D eigenvalue weighted by atomic mass is 15.2. The summed E-state index contributed by atoms with van der Waals surface area (Å²) >= 11 is 0. The third kappa shape index (κ3) is 3.75. The second kappa shape index (κ2) is 7.54. The second-order valence-corrected chi connectivity index (χ2v) is 6.71. The monoisotopic (exact) mass is 328 g/mol. The third-order valence-corrected chi connectivity index (χ3v) is 5.01. The van der Waals surface area contributed by atoms with Crippen LogP contribution in [0.3, 0.4) is 0 Å². The summed E-state index contributed by atoms with van der Waals surface area (Å²) in [6, 6.07) is 33.2. The summed E-state index contributed by atoms with van der Waals surface area (Å²) in [4.78, 5) is 2.54. The van der Waals surface area contributed by atoms with Gasteiger partial charge in [-0.15, -0.1) is 0 Å². The van der Waals surface area contributed by atoms with Crippen LogP contribution < -0.4 is 10.2 Å². The van der Waals surface area contributed by atoms with Crippen LogP contribution in [0, 0.1) is 0 Å². The maximum atomic E-state index is 3.76. The van der Waals surface area contributed by atoms with Crippen molar-refractivity contribution in [2.24, 2.45) is 0 Å². The summed E-state index contributed by atoms with van der Waals surface area (Å²) in [7, 11) is 0. The summed E-state index contributed by atoms with van der Waals surface area (Å²) in [5, 5.41) is 3.76. The Morgan fingerprint density at radius 2 is 1.36 bits per heavy atom. The fourth-order valence-corrected chi connectivity index (χ4v) is 3.74. The molecule has 1 aliphatic rings. The van der Waals surface area contributed by atoms with Gasteiger partial charge in [-0.25, -0.2) is 0 Å². The highest BCUT2D eigenvalue weighted by molar-refractivity contribution is 5.50. The van der Waals surface area contributed by atoms with Crippen LogP contribution >= 0.6 is 0 Å². The van der Waals surface area contributed by atoms with E-state index in [2.05, 4.69) is 101 Å². The molecule has 0 aromatic heterocycles. The number of hydrogen-bond acceptors (Lipinski definition) is 2. The zero-order valence-corrected chi connectivity index (χ0v) is 14.4. The molecule has 2 heteroatoms. The Bertz CT molecular complexity index is 723. The molecule has 3 aromatic rings. The van der Waals surface area contributed by atoms with Crippen LogP contribution in [-0.4, -0.2) is 12.6 Å². The van der Waals surface area contributed by atoms with Crippen molar-refractivity contribution in [3.63, 3.8) is 0 Å². The van der Waals surface area contributed by atoms with Crippen LogP contribution in [0.2, 0.25) is 0 Å². The molecule has 1 fully saturated rings. The molecule has 4 rings (SSSR count). The highest BCUT2D eigenvalue weighted by Gasteiger charge is 2.32. The van der Waals surface area contributed by atoms with Gasteiger partial charge in [-0.1, -0.05) is 78.9 Å². The largest absolute Gasteiger partial charge is 0.363 e. The van der Waals surface area contributed by atoms with E-state index >= 15 is 0 Å². The maximum absolute atomic E-state index is 3.76. The molecule has 0 radical (unpaired) electrons. The first kappa shape index (κ1) is 15.9. The van der Waals surface area contributed by atoms with Crippen molar-refractivity contribution in [1.82, 2.24) is 5.32 Å². The minimum atomic E-state index is 0.428. The molecule has 2 unspecified atom stereocenters. The quantitative estimate of drug-likeness (QED) is 0.724. The van der Waals surface area contributed by atoms with E-state index in [1.54, 1.807) is 0 Å². The van der Waals surface area contributed by atoms with E-state index in [1.165, 1.54) is 16.8 Å². The van der Waals surface area contributed by atoms with E-state index in [-0.39, 0.29) is 0 Å². The molecular weight excluding hydrogens is 304 g/mol. The van der Waals surface area contributed by atoms with E-state index in [0.29, 0.717) is 12.1 Å². The predicted molar refractivity (Wildman–Crippen MR) is 105 cm³/mol. The number of hydrogen-bond donors (Lipinski definition) is 1. The molecule has 1 saturated heterocycles. The van der Waals surface area contributed by atoms with Gasteiger partial charge in [-0.3, -0.25) is 0 Å². The molecule has 0 spiro atoms. The molecule has 0 amide bonds. The first-order valence-electron chi connectivity index (χ1n) is 9.04. The van der Waals surface area contributed by atoms with Crippen molar-refractivity contribution < 1.29 is 0 Å². The average molecular weight is 328 g/mol. The van der Waals surface area contributed by atoms with Gasteiger partial charge in [-0.2, -0.15) is 0 Å². The van der Waals surface area contributed by atoms with Gasteiger partial charge < -0.3 is 10.2 Å².